The van der Waals surface area contributed by atoms with E-state index in [4.69, 9.17) is 43.0 Å². The van der Waals surface area contributed by atoms with Gasteiger partial charge in [0.2, 0.25) is 0 Å². The van der Waals surface area contributed by atoms with Crippen LogP contribution >= 0.6 is 7.82 Å². The number of rotatable bonds is 13. The Bertz CT molecular complexity index is 967. The number of hydrogen-bond donors (Lipinski definition) is 2. The molecule has 34 heavy (non-hydrogen) atoms. The molecule has 1 aromatic rings. The van der Waals surface area contributed by atoms with Gasteiger partial charge in [-0.3, -0.25) is 28.8 Å². The highest BCUT2D eigenvalue weighted by Crippen LogP contribution is 2.51. The van der Waals surface area contributed by atoms with Crippen LogP contribution in [0.1, 0.15) is 32.9 Å². The van der Waals surface area contributed by atoms with Gasteiger partial charge in [-0.25, -0.2) is 9.36 Å². The first kappa shape index (κ1) is 26.7. The molecule has 0 saturated carbocycles. The third-order valence-electron chi connectivity index (χ3n) is 4.95. The minimum Gasteiger partial charge on any atom is -0.385 e. The number of phosphoric ester groups is 1. The van der Waals surface area contributed by atoms with Gasteiger partial charge < -0.3 is 18.9 Å². The summed E-state index contributed by atoms with van der Waals surface area (Å²) in [5.74, 6) is -0.997. The molecule has 0 aromatic carbocycles. The number of fused-ring (bicyclic) bond motifs is 1. The second kappa shape index (κ2) is 11.7. The van der Waals surface area contributed by atoms with Crippen molar-refractivity contribution in [3.63, 3.8) is 0 Å². The molecule has 2 N–H and O–H groups in total. The van der Waals surface area contributed by atoms with Crippen LogP contribution in [-0.4, -0.2) is 72.4 Å². The van der Waals surface area contributed by atoms with Crippen LogP contribution in [0.3, 0.4) is 0 Å². The first-order valence-electron chi connectivity index (χ1n) is 10.6. The summed E-state index contributed by atoms with van der Waals surface area (Å²) < 4.78 is 53.2. The first-order valence-corrected chi connectivity index (χ1v) is 12.1. The van der Waals surface area contributed by atoms with Crippen molar-refractivity contribution in [2.75, 3.05) is 39.0 Å². The van der Waals surface area contributed by atoms with Crippen LogP contribution in [0.25, 0.3) is 0 Å². The van der Waals surface area contributed by atoms with E-state index in [0.29, 0.717) is 13.0 Å². The average Bonchev–Trinajstić information content (AvgIpc) is 3.28. The zero-order chi connectivity index (χ0) is 24.8. The molecule has 2 aliphatic heterocycles. The summed E-state index contributed by atoms with van der Waals surface area (Å²) >= 11 is 0. The van der Waals surface area contributed by atoms with Crippen molar-refractivity contribution in [3.05, 3.63) is 22.7 Å². The predicted octanol–water partition coefficient (Wildman–Crippen LogP) is 1.57. The third-order valence-corrected chi connectivity index (χ3v) is 6.41. The SMILES string of the molecule is COCCCOP(=O)(OCCC#N)OC[C@H]1O[C@@H](n2ccc(NO)nc2=O)C2OC(C)(C)OC21. The fourth-order valence-corrected chi connectivity index (χ4v) is 4.77. The van der Waals surface area contributed by atoms with Gasteiger partial charge in [0.25, 0.3) is 0 Å². The van der Waals surface area contributed by atoms with Crippen LogP contribution < -0.4 is 11.2 Å². The maximum atomic E-state index is 13.1. The van der Waals surface area contributed by atoms with Gasteiger partial charge in [-0.1, -0.05) is 0 Å². The lowest BCUT2D eigenvalue weighted by Gasteiger charge is -2.25. The standard InChI is InChI=1S/C19H29N4O10P/c1-19(2)32-15-13(12-30-34(26,28-10-4-7-20)29-11-5-9-27-3)31-17(16(15)33-19)23-8-6-14(22-25)21-18(23)24/h6,8,13,15-17,25H,4-5,9-12H2,1-3H3,(H,21,22,24)/t13-,15?,16?,17-,34?/m1/s1. The second-order valence-corrected chi connectivity index (χ2v) is 9.58. The van der Waals surface area contributed by atoms with Crippen LogP contribution in [0.2, 0.25) is 0 Å². The van der Waals surface area contributed by atoms with Crippen LogP contribution in [-0.2, 0) is 37.1 Å². The number of ether oxygens (including phenoxy) is 4. The molecular formula is C19H29N4O10P. The van der Waals surface area contributed by atoms with Crippen molar-refractivity contribution in [1.29, 1.82) is 5.26 Å². The van der Waals surface area contributed by atoms with Gasteiger partial charge in [0.15, 0.2) is 17.8 Å². The zero-order valence-corrected chi connectivity index (χ0v) is 20.0. The van der Waals surface area contributed by atoms with Gasteiger partial charge in [-0.2, -0.15) is 10.2 Å². The van der Waals surface area contributed by atoms with E-state index >= 15 is 0 Å². The molecule has 0 amide bonds. The first-order chi connectivity index (χ1) is 16.2. The van der Waals surface area contributed by atoms with Gasteiger partial charge in [-0.05, 0) is 26.3 Å². The number of hydrogen-bond acceptors (Lipinski definition) is 13. The monoisotopic (exact) mass is 504 g/mol. The summed E-state index contributed by atoms with van der Waals surface area (Å²) in [5.41, 5.74) is 1.12. The number of anilines is 1. The van der Waals surface area contributed by atoms with Gasteiger partial charge in [0.1, 0.15) is 18.3 Å². The minimum atomic E-state index is -4.02. The normalized spacial score (nSPS) is 27.1. The van der Waals surface area contributed by atoms with Crippen molar-refractivity contribution < 1.29 is 42.3 Å². The Balaban J connectivity index is 1.74. The highest BCUT2D eigenvalue weighted by Gasteiger charge is 2.56. The Labute approximate surface area is 196 Å². The summed E-state index contributed by atoms with van der Waals surface area (Å²) in [5, 5.41) is 17.7. The number of nitrogens with one attached hydrogen (secondary N) is 1. The average molecular weight is 504 g/mol. The molecule has 0 aliphatic carbocycles. The number of nitriles is 1. The van der Waals surface area contributed by atoms with Crippen LogP contribution in [0.5, 0.6) is 0 Å². The van der Waals surface area contributed by atoms with Gasteiger partial charge in [0.05, 0.1) is 32.3 Å². The van der Waals surface area contributed by atoms with E-state index in [-0.39, 0.29) is 32.1 Å². The number of nitrogens with zero attached hydrogens (tertiary/aromatic N) is 3. The molecule has 5 atom stereocenters. The molecule has 0 bridgehead atoms. The largest absolute Gasteiger partial charge is 0.474 e. The summed E-state index contributed by atoms with van der Waals surface area (Å²) in [6.45, 7) is 3.48. The molecule has 2 saturated heterocycles. The van der Waals surface area contributed by atoms with E-state index in [1.54, 1.807) is 13.8 Å². The van der Waals surface area contributed by atoms with Crippen LogP contribution in [0.4, 0.5) is 5.82 Å². The number of methoxy groups -OCH3 is 1. The fourth-order valence-electron chi connectivity index (χ4n) is 3.55. The van der Waals surface area contributed by atoms with Crippen LogP contribution in [0.15, 0.2) is 17.1 Å². The van der Waals surface area contributed by atoms with E-state index in [1.807, 2.05) is 11.5 Å². The number of phosphoric acid groups is 1. The van der Waals surface area contributed by atoms with Gasteiger partial charge in [0, 0.05) is 19.9 Å². The molecule has 0 spiro atoms. The Kier molecular flexibility index (Phi) is 9.16. The Hall–Kier alpha value is -1.92. The summed E-state index contributed by atoms with van der Waals surface area (Å²) in [4.78, 5) is 16.2. The topological polar surface area (TPSA) is 173 Å². The van der Waals surface area contributed by atoms with E-state index in [9.17, 15) is 9.36 Å². The summed E-state index contributed by atoms with van der Waals surface area (Å²) in [6, 6.07) is 3.28. The molecular weight excluding hydrogens is 475 g/mol. The van der Waals surface area contributed by atoms with Crippen molar-refractivity contribution >= 4 is 13.6 Å². The van der Waals surface area contributed by atoms with E-state index < -0.39 is 43.8 Å². The maximum absolute atomic E-state index is 13.1. The smallest absolute Gasteiger partial charge is 0.385 e. The molecule has 14 nitrogen and oxygen atoms in total. The van der Waals surface area contributed by atoms with Crippen molar-refractivity contribution in [2.24, 2.45) is 0 Å². The highest BCUT2D eigenvalue weighted by molar-refractivity contribution is 7.48. The maximum Gasteiger partial charge on any atom is 0.474 e. The molecule has 15 heteroatoms. The van der Waals surface area contributed by atoms with E-state index in [1.165, 1.54) is 23.9 Å². The third kappa shape index (κ3) is 6.60. The van der Waals surface area contributed by atoms with Crippen molar-refractivity contribution in [1.82, 2.24) is 9.55 Å². The molecule has 2 fully saturated rings. The Morgan fingerprint density at radius 1 is 1.26 bits per heavy atom. The molecule has 2 aliphatic rings. The van der Waals surface area contributed by atoms with E-state index in [0.717, 1.165) is 0 Å². The fraction of sp³-hybridized carbons (Fsp3) is 0.737. The summed E-state index contributed by atoms with van der Waals surface area (Å²) in [6.07, 6.45) is -1.23. The lowest BCUT2D eigenvalue weighted by atomic mass is 10.1. The van der Waals surface area contributed by atoms with Crippen molar-refractivity contribution in [3.8, 4) is 6.07 Å². The number of aromatic nitrogens is 2. The Morgan fingerprint density at radius 2 is 2.00 bits per heavy atom. The predicted molar refractivity (Wildman–Crippen MR) is 114 cm³/mol. The zero-order valence-electron chi connectivity index (χ0n) is 19.1. The Morgan fingerprint density at radius 3 is 2.68 bits per heavy atom. The van der Waals surface area contributed by atoms with Gasteiger partial charge >= 0.3 is 13.5 Å². The van der Waals surface area contributed by atoms with Crippen LogP contribution in [0, 0.1) is 11.3 Å². The lowest BCUT2D eigenvalue weighted by Crippen LogP contribution is -2.34. The van der Waals surface area contributed by atoms with E-state index in [2.05, 4.69) is 4.98 Å². The lowest BCUT2D eigenvalue weighted by molar-refractivity contribution is -0.200. The van der Waals surface area contributed by atoms with Crippen molar-refractivity contribution in [2.45, 2.75) is 57.0 Å². The quantitative estimate of drug-likeness (QED) is 0.225. The second-order valence-electron chi connectivity index (χ2n) is 7.91. The molecule has 190 valence electrons. The highest BCUT2D eigenvalue weighted by atomic mass is 31.2. The van der Waals surface area contributed by atoms with Gasteiger partial charge in [-0.15, -0.1) is 0 Å². The molecule has 3 rings (SSSR count). The molecule has 3 heterocycles. The summed E-state index contributed by atoms with van der Waals surface area (Å²) in [7, 11) is -2.49. The molecule has 1 aromatic heterocycles. The minimum absolute atomic E-state index is 0.00122. The molecule has 3 unspecified atom stereocenters. The molecule has 0 radical (unpaired) electrons.